The molecule has 0 bridgehead atoms. The topological polar surface area (TPSA) is 189 Å². The number of carboxylic acid groups (broad SMARTS) is 1. The van der Waals surface area contributed by atoms with Gasteiger partial charge in [0.25, 0.3) is 5.91 Å². The molecule has 282 valence electrons. The highest BCUT2D eigenvalue weighted by molar-refractivity contribution is 7.85. The van der Waals surface area contributed by atoms with Gasteiger partial charge in [-0.2, -0.15) is 0 Å². The summed E-state index contributed by atoms with van der Waals surface area (Å²) in [5.41, 5.74) is 2.93. The van der Waals surface area contributed by atoms with Crippen molar-refractivity contribution >= 4 is 68.2 Å². The largest absolute Gasteiger partial charge is 0.496 e. The third-order valence-electron chi connectivity index (χ3n) is 8.10. The van der Waals surface area contributed by atoms with E-state index >= 15 is 0 Å². The fourth-order valence-corrected chi connectivity index (χ4v) is 5.96. The number of methoxy groups -OCH3 is 2. The van der Waals surface area contributed by atoms with E-state index < -0.39 is 28.9 Å². The van der Waals surface area contributed by atoms with Gasteiger partial charge in [0.2, 0.25) is 0 Å². The summed E-state index contributed by atoms with van der Waals surface area (Å²) in [6.07, 6.45) is 2.91. The minimum atomic E-state index is -1.37. The number of nitrogens with one attached hydrogen (secondary N) is 5. The molecule has 15 heteroatoms. The van der Waals surface area contributed by atoms with E-state index in [0.29, 0.717) is 51.6 Å². The number of amides is 3. The van der Waals surface area contributed by atoms with Crippen LogP contribution >= 0.6 is 0 Å². The number of benzene rings is 4. The Morgan fingerprint density at radius 1 is 0.833 bits per heavy atom. The fraction of sp³-hybridized carbons (Fsp3) is 0.231. The SMILES string of the molecule is COc1cc(Nc2cc(Oc3ccc(NC(=O)Nc4cc(C(C)(C)C)cc(NS(C)=O)c4OC)c4ccccc34)ccn2)ccc1C(=O)NCCC(=O)O. The molecule has 3 amide bonds. The number of carboxylic acids is 1. The molecule has 4 aromatic carbocycles. The van der Waals surface area contributed by atoms with Crippen LogP contribution in [0.3, 0.4) is 0 Å². The minimum Gasteiger partial charge on any atom is -0.496 e. The Morgan fingerprint density at radius 2 is 1.56 bits per heavy atom. The number of carbonyl (C=O) groups excluding carboxylic acids is 2. The lowest BCUT2D eigenvalue weighted by Gasteiger charge is -2.24. The van der Waals surface area contributed by atoms with Crippen LogP contribution in [0.2, 0.25) is 0 Å². The van der Waals surface area contributed by atoms with Gasteiger partial charge < -0.3 is 45.3 Å². The molecular weight excluding hydrogens is 713 g/mol. The minimum absolute atomic E-state index is 0.00998. The van der Waals surface area contributed by atoms with Gasteiger partial charge >= 0.3 is 12.0 Å². The first-order valence-corrected chi connectivity index (χ1v) is 18.3. The maximum absolute atomic E-state index is 13.5. The number of nitrogens with zero attached hydrogens (tertiary/aromatic N) is 1. The van der Waals surface area contributed by atoms with E-state index in [-0.39, 0.29) is 23.9 Å². The van der Waals surface area contributed by atoms with E-state index in [2.05, 4.69) is 31.0 Å². The Bertz CT molecular complexity index is 2220. The number of anilines is 5. The summed E-state index contributed by atoms with van der Waals surface area (Å²) in [6, 6.07) is 22.5. The summed E-state index contributed by atoms with van der Waals surface area (Å²) in [4.78, 5) is 41.2. The van der Waals surface area contributed by atoms with Gasteiger partial charge in [-0.3, -0.25) is 9.59 Å². The Balaban J connectivity index is 1.33. The van der Waals surface area contributed by atoms with Crippen molar-refractivity contribution in [3.8, 4) is 23.0 Å². The standard InChI is InChI=1S/C39H42N6O8S/c1-39(2,3)23-19-30(36(52-5)31(20-23)45-54(6)50)44-38(49)43-29-13-14-32(27-10-8-7-9-26(27)29)53-25-15-17-40-34(22-25)42-24-11-12-28(33(21-24)51-4)37(48)41-18-16-35(46)47/h7-15,17,19-22,45H,16,18H2,1-6H3,(H,40,42)(H,41,48)(H,46,47)(H2,43,44,49). The summed E-state index contributed by atoms with van der Waals surface area (Å²) in [6.45, 7) is 6.11. The molecule has 0 aliphatic rings. The number of carbonyl (C=O) groups is 3. The van der Waals surface area contributed by atoms with Crippen molar-refractivity contribution in [3.05, 3.63) is 96.2 Å². The second kappa shape index (κ2) is 17.0. The molecule has 1 heterocycles. The molecule has 1 atom stereocenters. The highest BCUT2D eigenvalue weighted by atomic mass is 32.2. The van der Waals surface area contributed by atoms with E-state index in [1.54, 1.807) is 48.7 Å². The van der Waals surface area contributed by atoms with Crippen LogP contribution in [0.4, 0.5) is 33.4 Å². The van der Waals surface area contributed by atoms with Crippen LogP contribution in [0, 0.1) is 0 Å². The Hall–Kier alpha value is -6.35. The molecule has 54 heavy (non-hydrogen) atoms. The Kier molecular flexibility index (Phi) is 12.2. The summed E-state index contributed by atoms with van der Waals surface area (Å²) in [5, 5.41) is 21.9. The van der Waals surface area contributed by atoms with Gasteiger partial charge in [0.15, 0.2) is 5.75 Å². The van der Waals surface area contributed by atoms with Gasteiger partial charge in [-0.15, -0.1) is 0 Å². The van der Waals surface area contributed by atoms with Crippen molar-refractivity contribution in [1.29, 1.82) is 0 Å². The van der Waals surface area contributed by atoms with Crippen molar-refractivity contribution < 1.29 is 37.9 Å². The molecule has 0 fully saturated rings. The third-order valence-corrected chi connectivity index (χ3v) is 8.60. The molecule has 6 N–H and O–H groups in total. The van der Waals surface area contributed by atoms with Gasteiger partial charge in [0, 0.05) is 47.6 Å². The number of hydrogen-bond donors (Lipinski definition) is 6. The smallest absolute Gasteiger partial charge is 0.323 e. The summed E-state index contributed by atoms with van der Waals surface area (Å²) >= 11 is 0. The monoisotopic (exact) mass is 754 g/mol. The molecule has 1 aromatic heterocycles. The number of aliphatic carboxylic acids is 1. The highest BCUT2D eigenvalue weighted by Gasteiger charge is 2.22. The van der Waals surface area contributed by atoms with Crippen molar-refractivity contribution in [1.82, 2.24) is 10.3 Å². The lowest BCUT2D eigenvalue weighted by Crippen LogP contribution is -2.26. The third kappa shape index (κ3) is 9.74. The van der Waals surface area contributed by atoms with Gasteiger partial charge in [-0.25, -0.2) is 14.0 Å². The highest BCUT2D eigenvalue weighted by Crippen LogP contribution is 2.40. The average Bonchev–Trinajstić information content (AvgIpc) is 3.12. The number of ether oxygens (including phenoxy) is 3. The molecule has 0 aliphatic carbocycles. The molecule has 5 aromatic rings. The van der Waals surface area contributed by atoms with E-state index in [1.165, 1.54) is 20.5 Å². The van der Waals surface area contributed by atoms with Crippen LogP contribution in [0.1, 0.15) is 43.1 Å². The molecule has 0 spiro atoms. The quantitative estimate of drug-likeness (QED) is 0.0657. The molecule has 0 saturated heterocycles. The van der Waals surface area contributed by atoms with Crippen LogP contribution in [-0.4, -0.2) is 59.2 Å². The van der Waals surface area contributed by atoms with Crippen LogP contribution in [0.25, 0.3) is 10.8 Å². The summed E-state index contributed by atoms with van der Waals surface area (Å²) in [5.74, 6) is 0.666. The molecule has 14 nitrogen and oxygen atoms in total. The van der Waals surface area contributed by atoms with Crippen LogP contribution in [-0.2, 0) is 21.2 Å². The number of fused-ring (bicyclic) bond motifs is 1. The zero-order valence-electron chi connectivity index (χ0n) is 30.7. The lowest BCUT2D eigenvalue weighted by molar-refractivity contribution is -0.136. The Morgan fingerprint density at radius 3 is 2.24 bits per heavy atom. The molecule has 0 radical (unpaired) electrons. The van der Waals surface area contributed by atoms with Crippen LogP contribution in [0.15, 0.2) is 85.1 Å². The Labute approximate surface area is 315 Å². The first kappa shape index (κ1) is 38.9. The van der Waals surface area contributed by atoms with Gasteiger partial charge in [0.1, 0.15) is 34.1 Å². The van der Waals surface area contributed by atoms with Crippen molar-refractivity contribution in [2.45, 2.75) is 32.6 Å². The molecular formula is C39H42N6O8S. The number of hydrogen-bond acceptors (Lipinski definition) is 9. The number of aromatic nitrogens is 1. The average molecular weight is 755 g/mol. The molecule has 5 rings (SSSR count). The first-order chi connectivity index (χ1) is 25.7. The van der Waals surface area contributed by atoms with Crippen molar-refractivity contribution in [2.24, 2.45) is 0 Å². The number of rotatable bonds is 14. The second-order valence-electron chi connectivity index (χ2n) is 13.1. The van der Waals surface area contributed by atoms with E-state index in [9.17, 15) is 18.6 Å². The molecule has 0 saturated carbocycles. The zero-order chi connectivity index (χ0) is 39.0. The van der Waals surface area contributed by atoms with Crippen molar-refractivity contribution in [3.63, 3.8) is 0 Å². The van der Waals surface area contributed by atoms with Crippen LogP contribution in [0.5, 0.6) is 23.0 Å². The lowest BCUT2D eigenvalue weighted by atomic mass is 9.86. The second-order valence-corrected chi connectivity index (χ2v) is 14.2. The number of urea groups is 1. The van der Waals surface area contributed by atoms with Gasteiger partial charge in [-0.1, -0.05) is 45.0 Å². The predicted molar refractivity (Wildman–Crippen MR) is 211 cm³/mol. The van der Waals surface area contributed by atoms with Gasteiger partial charge in [-0.05, 0) is 53.4 Å². The van der Waals surface area contributed by atoms with Crippen LogP contribution < -0.4 is 40.2 Å². The zero-order valence-corrected chi connectivity index (χ0v) is 31.5. The first-order valence-electron chi connectivity index (χ1n) is 16.8. The van der Waals surface area contributed by atoms with E-state index in [0.717, 1.165) is 16.3 Å². The molecule has 0 aliphatic heterocycles. The fourth-order valence-electron chi connectivity index (χ4n) is 5.50. The predicted octanol–water partition coefficient (Wildman–Crippen LogP) is 7.64. The molecule has 1 unspecified atom stereocenters. The normalized spacial score (nSPS) is 11.6. The summed E-state index contributed by atoms with van der Waals surface area (Å²) in [7, 11) is 1.55. The van der Waals surface area contributed by atoms with E-state index in [4.69, 9.17) is 19.3 Å². The van der Waals surface area contributed by atoms with Gasteiger partial charge in [0.05, 0.1) is 43.3 Å². The number of pyridine rings is 1. The summed E-state index contributed by atoms with van der Waals surface area (Å²) < 4.78 is 32.3. The van der Waals surface area contributed by atoms with Crippen molar-refractivity contribution in [2.75, 3.05) is 47.7 Å². The maximum Gasteiger partial charge on any atom is 0.323 e. The van der Waals surface area contributed by atoms with E-state index in [1.807, 2.05) is 57.2 Å². The maximum atomic E-state index is 13.5.